The first-order valence-corrected chi connectivity index (χ1v) is 7.85. The van der Waals surface area contributed by atoms with Crippen molar-refractivity contribution in [2.75, 3.05) is 0 Å². The Balaban J connectivity index is 2.03. The molecule has 2 unspecified atom stereocenters. The van der Waals surface area contributed by atoms with E-state index < -0.39 is 0 Å². The van der Waals surface area contributed by atoms with Gasteiger partial charge in [0.05, 0.1) is 0 Å². The van der Waals surface area contributed by atoms with Gasteiger partial charge in [0.1, 0.15) is 0 Å². The van der Waals surface area contributed by atoms with Gasteiger partial charge in [0.15, 0.2) is 0 Å². The smallest absolute Gasteiger partial charge is 0.0127 e. The van der Waals surface area contributed by atoms with E-state index in [4.69, 9.17) is 0 Å². The highest BCUT2D eigenvalue weighted by atomic mass is 14.4. The van der Waals surface area contributed by atoms with Crippen LogP contribution in [0.15, 0.2) is 42.5 Å². The van der Waals surface area contributed by atoms with Crippen LogP contribution in [-0.2, 0) is 6.42 Å². The van der Waals surface area contributed by atoms with Crippen LogP contribution < -0.4 is 0 Å². The van der Waals surface area contributed by atoms with Gasteiger partial charge < -0.3 is 0 Å². The average molecular weight is 252 g/mol. The molecule has 2 atom stereocenters. The van der Waals surface area contributed by atoms with Crippen LogP contribution in [0.2, 0.25) is 0 Å². The van der Waals surface area contributed by atoms with Crippen LogP contribution in [0.25, 0.3) is 5.57 Å². The summed E-state index contributed by atoms with van der Waals surface area (Å²) in [5.74, 6) is 1.72. The van der Waals surface area contributed by atoms with E-state index in [-0.39, 0.29) is 0 Å². The molecule has 0 N–H and O–H groups in total. The molecule has 0 nitrogen and oxygen atoms in total. The highest BCUT2D eigenvalue weighted by molar-refractivity contribution is 5.72. The molecule has 0 radical (unpaired) electrons. The zero-order valence-corrected chi connectivity index (χ0v) is 11.9. The number of allylic oxidation sites excluding steroid dienone is 4. The molecule has 19 heavy (non-hydrogen) atoms. The van der Waals surface area contributed by atoms with Gasteiger partial charge in [-0.2, -0.15) is 0 Å². The molecule has 1 aromatic carbocycles. The second kappa shape index (κ2) is 5.77. The number of hydrogen-bond donors (Lipinski definition) is 0. The minimum Gasteiger partial charge on any atom is -0.0845 e. The number of fused-ring (bicyclic) bond motifs is 1. The molecule has 3 rings (SSSR count). The second-order valence-corrected chi connectivity index (χ2v) is 5.94. The van der Waals surface area contributed by atoms with Gasteiger partial charge >= 0.3 is 0 Å². The lowest BCUT2D eigenvalue weighted by atomic mass is 9.79. The van der Waals surface area contributed by atoms with Crippen molar-refractivity contribution in [2.24, 2.45) is 11.8 Å². The normalized spacial score (nSPS) is 30.9. The third kappa shape index (κ3) is 2.54. The first-order valence-electron chi connectivity index (χ1n) is 7.85. The van der Waals surface area contributed by atoms with E-state index in [9.17, 15) is 0 Å². The van der Waals surface area contributed by atoms with Crippen molar-refractivity contribution in [1.29, 1.82) is 0 Å². The average Bonchev–Trinajstić information content (AvgIpc) is 2.87. The summed E-state index contributed by atoms with van der Waals surface area (Å²) in [6.45, 7) is 2.27. The van der Waals surface area contributed by atoms with E-state index in [1.165, 1.54) is 43.2 Å². The van der Waals surface area contributed by atoms with Gasteiger partial charge in [0.25, 0.3) is 0 Å². The summed E-state index contributed by atoms with van der Waals surface area (Å²) in [6.07, 6.45) is 15.1. The Morgan fingerprint density at radius 1 is 1.11 bits per heavy atom. The Labute approximate surface area is 117 Å². The Kier molecular flexibility index (Phi) is 3.87. The first-order chi connectivity index (χ1) is 9.40. The predicted octanol–water partition coefficient (Wildman–Crippen LogP) is 5.40. The summed E-state index contributed by atoms with van der Waals surface area (Å²) >= 11 is 0. The van der Waals surface area contributed by atoms with E-state index in [0.717, 1.165) is 18.3 Å². The van der Waals surface area contributed by atoms with Gasteiger partial charge in [-0.1, -0.05) is 55.8 Å². The fraction of sp³-hybridized carbons (Fsp3) is 0.474. The third-order valence-corrected chi connectivity index (χ3v) is 4.88. The maximum Gasteiger partial charge on any atom is -0.0127 e. The maximum atomic E-state index is 2.40. The number of benzene rings is 1. The van der Waals surface area contributed by atoms with Crippen molar-refractivity contribution < 1.29 is 0 Å². The van der Waals surface area contributed by atoms with Crippen LogP contribution in [-0.4, -0.2) is 0 Å². The molecule has 0 aliphatic heterocycles. The summed E-state index contributed by atoms with van der Waals surface area (Å²) in [6, 6.07) is 8.99. The molecule has 1 fully saturated rings. The van der Waals surface area contributed by atoms with Crippen molar-refractivity contribution in [1.82, 2.24) is 0 Å². The second-order valence-electron chi connectivity index (χ2n) is 5.94. The SMILES string of the molecule is CCc1ccccc1/C1=C/C=C\CCC2CCCC12. The predicted molar refractivity (Wildman–Crippen MR) is 83.0 cm³/mol. The van der Waals surface area contributed by atoms with Gasteiger partial charge in [-0.3, -0.25) is 0 Å². The fourth-order valence-electron chi connectivity index (χ4n) is 3.89. The molecule has 1 aromatic rings. The quantitative estimate of drug-likeness (QED) is 0.661. The molecule has 0 heteroatoms. The number of hydrogen-bond acceptors (Lipinski definition) is 0. The van der Waals surface area contributed by atoms with Crippen LogP contribution in [0.4, 0.5) is 0 Å². The highest BCUT2D eigenvalue weighted by Gasteiger charge is 2.30. The van der Waals surface area contributed by atoms with E-state index in [0.29, 0.717) is 0 Å². The molecule has 0 bridgehead atoms. The van der Waals surface area contributed by atoms with E-state index >= 15 is 0 Å². The van der Waals surface area contributed by atoms with Crippen LogP contribution in [0.5, 0.6) is 0 Å². The molecule has 0 saturated heterocycles. The summed E-state index contributed by atoms with van der Waals surface area (Å²) in [5.41, 5.74) is 4.62. The van der Waals surface area contributed by atoms with Crippen LogP contribution in [0.3, 0.4) is 0 Å². The van der Waals surface area contributed by atoms with Crippen molar-refractivity contribution in [2.45, 2.75) is 45.4 Å². The summed E-state index contributed by atoms with van der Waals surface area (Å²) in [5, 5.41) is 0. The Morgan fingerprint density at radius 2 is 2.00 bits per heavy atom. The number of rotatable bonds is 2. The zero-order valence-electron chi connectivity index (χ0n) is 11.9. The molecular formula is C19H24. The van der Waals surface area contributed by atoms with Crippen LogP contribution >= 0.6 is 0 Å². The van der Waals surface area contributed by atoms with Crippen LogP contribution in [0.1, 0.15) is 50.2 Å². The Morgan fingerprint density at radius 3 is 2.89 bits per heavy atom. The Hall–Kier alpha value is -1.30. The van der Waals surface area contributed by atoms with E-state index in [2.05, 4.69) is 49.4 Å². The standard InChI is InChI=1S/C19H24/c1-2-15-9-6-7-12-17(15)19-13-5-3-4-10-16-11-8-14-18(16)19/h3,5-7,9,12-13,16,18H,2,4,8,10-11,14H2,1H3/b5-3-,19-13-. The minimum absolute atomic E-state index is 0.803. The van der Waals surface area contributed by atoms with E-state index in [1.54, 1.807) is 5.57 Å². The molecule has 0 amide bonds. The lowest BCUT2D eigenvalue weighted by Crippen LogP contribution is -2.12. The zero-order chi connectivity index (χ0) is 13.1. The minimum atomic E-state index is 0.803. The first kappa shape index (κ1) is 12.7. The fourth-order valence-corrected chi connectivity index (χ4v) is 3.89. The highest BCUT2D eigenvalue weighted by Crippen LogP contribution is 2.44. The molecule has 0 heterocycles. The van der Waals surface area contributed by atoms with E-state index in [1.807, 2.05) is 0 Å². The largest absolute Gasteiger partial charge is 0.0845 e. The summed E-state index contributed by atoms with van der Waals surface area (Å²) < 4.78 is 0. The monoisotopic (exact) mass is 252 g/mol. The van der Waals surface area contributed by atoms with Gasteiger partial charge in [0, 0.05) is 0 Å². The summed E-state index contributed by atoms with van der Waals surface area (Å²) in [7, 11) is 0. The van der Waals surface area contributed by atoms with Gasteiger partial charge in [0.2, 0.25) is 0 Å². The molecule has 0 spiro atoms. The molecule has 1 saturated carbocycles. The van der Waals surface area contributed by atoms with Crippen molar-refractivity contribution >= 4 is 5.57 Å². The third-order valence-electron chi connectivity index (χ3n) is 4.88. The van der Waals surface area contributed by atoms with Crippen molar-refractivity contribution in [3.8, 4) is 0 Å². The topological polar surface area (TPSA) is 0 Å². The van der Waals surface area contributed by atoms with Crippen molar-refractivity contribution in [3.05, 3.63) is 53.6 Å². The molecular weight excluding hydrogens is 228 g/mol. The van der Waals surface area contributed by atoms with Gasteiger partial charge in [-0.25, -0.2) is 0 Å². The lowest BCUT2D eigenvalue weighted by molar-refractivity contribution is 0.438. The Bertz CT molecular complexity index is 493. The summed E-state index contributed by atoms with van der Waals surface area (Å²) in [4.78, 5) is 0. The lowest BCUT2D eigenvalue weighted by Gasteiger charge is -2.25. The van der Waals surface area contributed by atoms with Crippen LogP contribution in [0, 0.1) is 11.8 Å². The number of aryl methyl sites for hydroxylation is 1. The van der Waals surface area contributed by atoms with Gasteiger partial charge in [-0.05, 0) is 60.6 Å². The molecule has 100 valence electrons. The van der Waals surface area contributed by atoms with Gasteiger partial charge in [-0.15, -0.1) is 0 Å². The van der Waals surface area contributed by atoms with Crippen molar-refractivity contribution in [3.63, 3.8) is 0 Å². The molecule has 2 aliphatic carbocycles. The molecule has 0 aromatic heterocycles. The maximum absolute atomic E-state index is 2.40. The molecule has 2 aliphatic rings.